The SMILES string of the molecule is Cc1ccc(C2CC(C)(C)CCO2)o1. The Morgan fingerprint density at radius 2 is 2.14 bits per heavy atom. The summed E-state index contributed by atoms with van der Waals surface area (Å²) in [5.41, 5.74) is 0.379. The molecule has 0 spiro atoms. The number of hydrogen-bond acceptors (Lipinski definition) is 2. The summed E-state index contributed by atoms with van der Waals surface area (Å²) in [7, 11) is 0. The summed E-state index contributed by atoms with van der Waals surface area (Å²) in [5.74, 6) is 1.95. The summed E-state index contributed by atoms with van der Waals surface area (Å²) in [6.07, 6.45) is 2.36. The summed E-state index contributed by atoms with van der Waals surface area (Å²) in [6.45, 7) is 7.39. The van der Waals surface area contributed by atoms with Crippen molar-refractivity contribution in [1.82, 2.24) is 0 Å². The molecule has 1 atom stereocenters. The van der Waals surface area contributed by atoms with Crippen LogP contribution in [-0.2, 0) is 4.74 Å². The van der Waals surface area contributed by atoms with E-state index in [2.05, 4.69) is 13.8 Å². The molecule has 0 radical (unpaired) electrons. The Kier molecular flexibility index (Phi) is 2.40. The van der Waals surface area contributed by atoms with Gasteiger partial charge in [0.05, 0.1) is 0 Å². The van der Waals surface area contributed by atoms with E-state index < -0.39 is 0 Å². The van der Waals surface area contributed by atoms with Gasteiger partial charge in [0.2, 0.25) is 0 Å². The van der Waals surface area contributed by atoms with E-state index in [4.69, 9.17) is 9.15 Å². The van der Waals surface area contributed by atoms with Gasteiger partial charge in [0.25, 0.3) is 0 Å². The number of rotatable bonds is 1. The highest BCUT2D eigenvalue weighted by atomic mass is 16.5. The van der Waals surface area contributed by atoms with Crippen molar-refractivity contribution in [2.45, 2.75) is 39.7 Å². The van der Waals surface area contributed by atoms with E-state index in [1.807, 2.05) is 19.1 Å². The van der Waals surface area contributed by atoms with Crippen molar-refractivity contribution >= 4 is 0 Å². The molecule has 2 rings (SSSR count). The van der Waals surface area contributed by atoms with Crippen LogP contribution in [0.2, 0.25) is 0 Å². The Labute approximate surface area is 85.3 Å². The lowest BCUT2D eigenvalue weighted by Gasteiger charge is -2.34. The lowest BCUT2D eigenvalue weighted by Crippen LogP contribution is -2.25. The summed E-state index contributed by atoms with van der Waals surface area (Å²) < 4.78 is 11.3. The molecule has 1 unspecified atom stereocenters. The van der Waals surface area contributed by atoms with Crippen LogP contribution in [0.3, 0.4) is 0 Å². The van der Waals surface area contributed by atoms with Gasteiger partial charge in [0, 0.05) is 6.61 Å². The fraction of sp³-hybridized carbons (Fsp3) is 0.667. The molecule has 2 heteroatoms. The average molecular weight is 194 g/mol. The second kappa shape index (κ2) is 3.43. The van der Waals surface area contributed by atoms with E-state index >= 15 is 0 Å². The molecule has 2 heterocycles. The third-order valence-corrected chi connectivity index (χ3v) is 2.91. The van der Waals surface area contributed by atoms with E-state index in [0.29, 0.717) is 5.41 Å². The monoisotopic (exact) mass is 194 g/mol. The van der Waals surface area contributed by atoms with E-state index in [0.717, 1.165) is 31.0 Å². The molecule has 0 amide bonds. The first kappa shape index (κ1) is 9.78. The molecule has 1 aromatic heterocycles. The molecule has 1 fully saturated rings. The number of furan rings is 1. The minimum absolute atomic E-state index is 0.160. The summed E-state index contributed by atoms with van der Waals surface area (Å²) in [4.78, 5) is 0. The van der Waals surface area contributed by atoms with Gasteiger partial charge in [-0.25, -0.2) is 0 Å². The first-order valence-electron chi connectivity index (χ1n) is 5.25. The van der Waals surface area contributed by atoms with Gasteiger partial charge in [0.15, 0.2) is 0 Å². The first-order chi connectivity index (χ1) is 6.57. The molecule has 1 saturated heterocycles. The van der Waals surface area contributed by atoms with Crippen LogP contribution in [0.5, 0.6) is 0 Å². The molecule has 1 aliphatic heterocycles. The van der Waals surface area contributed by atoms with Crippen LogP contribution in [0, 0.1) is 12.3 Å². The van der Waals surface area contributed by atoms with Crippen LogP contribution in [0.1, 0.15) is 44.3 Å². The van der Waals surface area contributed by atoms with Crippen molar-refractivity contribution in [1.29, 1.82) is 0 Å². The second-order valence-corrected chi connectivity index (χ2v) is 4.93. The predicted octanol–water partition coefficient (Wildman–Crippen LogP) is 3.47. The average Bonchev–Trinajstić information content (AvgIpc) is 2.50. The van der Waals surface area contributed by atoms with Crippen molar-refractivity contribution in [3.8, 4) is 0 Å². The molecule has 0 N–H and O–H groups in total. The van der Waals surface area contributed by atoms with E-state index in [1.54, 1.807) is 0 Å². The molecule has 14 heavy (non-hydrogen) atoms. The van der Waals surface area contributed by atoms with Gasteiger partial charge in [-0.3, -0.25) is 0 Å². The van der Waals surface area contributed by atoms with Gasteiger partial charge in [-0.15, -0.1) is 0 Å². The minimum atomic E-state index is 0.160. The van der Waals surface area contributed by atoms with Crippen molar-refractivity contribution in [3.05, 3.63) is 23.7 Å². The van der Waals surface area contributed by atoms with Crippen LogP contribution in [0.4, 0.5) is 0 Å². The largest absolute Gasteiger partial charge is 0.464 e. The highest BCUT2D eigenvalue weighted by molar-refractivity contribution is 5.09. The topological polar surface area (TPSA) is 22.4 Å². The highest BCUT2D eigenvalue weighted by Gasteiger charge is 2.31. The number of aryl methyl sites for hydroxylation is 1. The quantitative estimate of drug-likeness (QED) is 0.683. The van der Waals surface area contributed by atoms with Gasteiger partial charge in [0.1, 0.15) is 17.6 Å². The third kappa shape index (κ3) is 2.01. The zero-order chi connectivity index (χ0) is 10.2. The molecule has 2 nitrogen and oxygen atoms in total. The minimum Gasteiger partial charge on any atom is -0.464 e. The Morgan fingerprint density at radius 1 is 1.36 bits per heavy atom. The molecule has 0 saturated carbocycles. The Morgan fingerprint density at radius 3 is 2.71 bits per heavy atom. The molecule has 1 aliphatic rings. The highest BCUT2D eigenvalue weighted by Crippen LogP contribution is 2.39. The number of hydrogen-bond donors (Lipinski definition) is 0. The zero-order valence-corrected chi connectivity index (χ0v) is 9.17. The standard InChI is InChI=1S/C12H18O2/c1-9-4-5-10(14-9)11-8-12(2,3)6-7-13-11/h4-5,11H,6-8H2,1-3H3. The van der Waals surface area contributed by atoms with Crippen LogP contribution in [0.15, 0.2) is 16.5 Å². The van der Waals surface area contributed by atoms with Gasteiger partial charge in [-0.05, 0) is 37.3 Å². The maximum Gasteiger partial charge on any atom is 0.132 e. The first-order valence-corrected chi connectivity index (χ1v) is 5.25. The maximum absolute atomic E-state index is 5.72. The van der Waals surface area contributed by atoms with Crippen molar-refractivity contribution in [2.75, 3.05) is 6.61 Å². The molecule has 0 aromatic carbocycles. The van der Waals surface area contributed by atoms with Crippen LogP contribution in [0.25, 0.3) is 0 Å². The van der Waals surface area contributed by atoms with Gasteiger partial charge in [-0.2, -0.15) is 0 Å². The van der Waals surface area contributed by atoms with E-state index in [1.165, 1.54) is 0 Å². The van der Waals surface area contributed by atoms with Gasteiger partial charge < -0.3 is 9.15 Å². The Bertz CT molecular complexity index is 312. The third-order valence-electron chi connectivity index (χ3n) is 2.91. The summed E-state index contributed by atoms with van der Waals surface area (Å²) in [5, 5.41) is 0. The molecular formula is C12H18O2. The van der Waals surface area contributed by atoms with Crippen LogP contribution < -0.4 is 0 Å². The van der Waals surface area contributed by atoms with Crippen LogP contribution >= 0.6 is 0 Å². The number of ether oxygens (including phenoxy) is 1. The van der Waals surface area contributed by atoms with Crippen molar-refractivity contribution in [2.24, 2.45) is 5.41 Å². The van der Waals surface area contributed by atoms with Crippen molar-refractivity contribution < 1.29 is 9.15 Å². The molecule has 0 bridgehead atoms. The lowest BCUT2D eigenvalue weighted by atomic mass is 9.81. The van der Waals surface area contributed by atoms with E-state index in [-0.39, 0.29) is 6.10 Å². The Balaban J connectivity index is 2.12. The predicted molar refractivity (Wildman–Crippen MR) is 55.2 cm³/mol. The molecule has 1 aromatic rings. The van der Waals surface area contributed by atoms with Crippen LogP contribution in [-0.4, -0.2) is 6.61 Å². The van der Waals surface area contributed by atoms with Gasteiger partial charge in [-0.1, -0.05) is 13.8 Å². The maximum atomic E-state index is 5.72. The lowest BCUT2D eigenvalue weighted by molar-refractivity contribution is -0.0478. The fourth-order valence-electron chi connectivity index (χ4n) is 1.95. The molecule has 0 aliphatic carbocycles. The smallest absolute Gasteiger partial charge is 0.132 e. The summed E-state index contributed by atoms with van der Waals surface area (Å²) in [6, 6.07) is 4.03. The Hall–Kier alpha value is -0.760. The summed E-state index contributed by atoms with van der Waals surface area (Å²) >= 11 is 0. The molecule has 78 valence electrons. The van der Waals surface area contributed by atoms with E-state index in [9.17, 15) is 0 Å². The van der Waals surface area contributed by atoms with Gasteiger partial charge >= 0.3 is 0 Å². The fourth-order valence-corrected chi connectivity index (χ4v) is 1.95. The van der Waals surface area contributed by atoms with Crippen molar-refractivity contribution in [3.63, 3.8) is 0 Å². The zero-order valence-electron chi connectivity index (χ0n) is 9.17. The molecular weight excluding hydrogens is 176 g/mol. The second-order valence-electron chi connectivity index (χ2n) is 4.93. The normalized spacial score (nSPS) is 26.4.